The Bertz CT molecular complexity index is 729. The second-order valence-electron chi connectivity index (χ2n) is 9.91. The maximum atomic E-state index is 12.9. The van der Waals surface area contributed by atoms with E-state index in [-0.39, 0.29) is 23.3 Å². The smallest absolute Gasteiger partial charge is 0.410 e. The van der Waals surface area contributed by atoms with E-state index < -0.39 is 13.9 Å². The predicted molar refractivity (Wildman–Crippen MR) is 117 cm³/mol. The molecule has 1 fully saturated rings. The van der Waals surface area contributed by atoms with Gasteiger partial charge in [0.05, 0.1) is 22.2 Å². The molecule has 1 aromatic rings. The second-order valence-corrected chi connectivity index (χ2v) is 15.5. The average molecular weight is 447 g/mol. The zero-order valence-electron chi connectivity index (χ0n) is 18.1. The number of nitrogens with zero attached hydrogens (tertiary/aromatic N) is 2. The van der Waals surface area contributed by atoms with Crippen molar-refractivity contribution in [3.63, 3.8) is 0 Å². The van der Waals surface area contributed by atoms with Gasteiger partial charge < -0.3 is 9.16 Å². The van der Waals surface area contributed by atoms with Crippen molar-refractivity contribution < 1.29 is 14.0 Å². The molecule has 1 amide bonds. The van der Waals surface area contributed by atoms with Gasteiger partial charge in [-0.3, -0.25) is 9.88 Å². The largest absolute Gasteiger partial charge is 0.444 e. The summed E-state index contributed by atoms with van der Waals surface area (Å²) in [7, 11) is -1.99. The van der Waals surface area contributed by atoms with Gasteiger partial charge in [0.1, 0.15) is 5.60 Å². The fourth-order valence-corrected chi connectivity index (χ4v) is 4.71. The lowest BCUT2D eigenvalue weighted by Crippen LogP contribution is -2.45. The third-order valence-corrected chi connectivity index (χ3v) is 10.7. The minimum atomic E-state index is -1.99. The van der Waals surface area contributed by atoms with Gasteiger partial charge >= 0.3 is 6.09 Å². The average Bonchev–Trinajstić information content (AvgIpc) is 2.90. The molecule has 0 unspecified atom stereocenters. The van der Waals surface area contributed by atoms with Crippen LogP contribution in [-0.4, -0.2) is 42.5 Å². The summed E-state index contributed by atoms with van der Waals surface area (Å²) in [6.45, 7) is 17.1. The van der Waals surface area contributed by atoms with Crippen LogP contribution in [0.2, 0.25) is 28.2 Å². The molecule has 8 heteroatoms. The Kier molecular flexibility index (Phi) is 6.81. The first-order valence-corrected chi connectivity index (χ1v) is 13.2. The molecule has 1 saturated heterocycles. The topological polar surface area (TPSA) is 51.7 Å². The molecule has 0 N–H and O–H groups in total. The first kappa shape index (κ1) is 23.5. The van der Waals surface area contributed by atoms with Crippen LogP contribution < -0.4 is 0 Å². The Labute approximate surface area is 179 Å². The summed E-state index contributed by atoms with van der Waals surface area (Å²) < 4.78 is 12.2. The standard InChI is InChI=1S/C20H32Cl2N2O3Si/c1-19(2,3)26-18(25)24-12-13(27-28(7,8)20(4,5)6)9-16(24)14-10-23-11-15(21)17(14)22/h10-11,13,16H,9,12H2,1-8H3/t13-,16+/m1/s1. The van der Waals surface area contributed by atoms with Crippen molar-refractivity contribution in [2.24, 2.45) is 0 Å². The SMILES string of the molecule is CC(C)(C)OC(=O)N1C[C@H](O[Si](C)(C)C(C)(C)C)C[C@H]1c1cncc(Cl)c1Cl. The molecular formula is C20H32Cl2N2O3Si. The number of rotatable bonds is 3. The van der Waals surface area contributed by atoms with E-state index in [1.807, 2.05) is 20.8 Å². The molecule has 0 aromatic carbocycles. The number of hydrogen-bond donors (Lipinski definition) is 0. The zero-order valence-corrected chi connectivity index (χ0v) is 20.6. The maximum absolute atomic E-state index is 12.9. The van der Waals surface area contributed by atoms with Gasteiger partial charge in [0, 0.05) is 24.5 Å². The Morgan fingerprint density at radius 2 is 1.79 bits per heavy atom. The second kappa shape index (κ2) is 8.13. The van der Waals surface area contributed by atoms with Crippen LogP contribution in [0, 0.1) is 0 Å². The molecule has 2 heterocycles. The summed E-state index contributed by atoms with van der Waals surface area (Å²) in [6, 6.07) is -0.289. The van der Waals surface area contributed by atoms with E-state index in [1.165, 1.54) is 6.20 Å². The molecule has 28 heavy (non-hydrogen) atoms. The lowest BCUT2D eigenvalue weighted by atomic mass is 10.1. The number of carbonyl (C=O) groups excluding carboxylic acids is 1. The molecule has 1 aliphatic rings. The van der Waals surface area contributed by atoms with Gasteiger partial charge in [0.2, 0.25) is 0 Å². The van der Waals surface area contributed by atoms with E-state index >= 15 is 0 Å². The first-order chi connectivity index (χ1) is 12.6. The van der Waals surface area contributed by atoms with Crippen LogP contribution in [0.25, 0.3) is 0 Å². The van der Waals surface area contributed by atoms with E-state index in [2.05, 4.69) is 38.8 Å². The van der Waals surface area contributed by atoms with Gasteiger partial charge in [0.25, 0.3) is 0 Å². The van der Waals surface area contributed by atoms with Crippen molar-refractivity contribution in [3.8, 4) is 0 Å². The summed E-state index contributed by atoms with van der Waals surface area (Å²) in [6.07, 6.45) is 3.34. The molecule has 0 spiro atoms. The molecule has 0 aliphatic carbocycles. The Hall–Kier alpha value is -0.823. The molecule has 158 valence electrons. The lowest BCUT2D eigenvalue weighted by Gasteiger charge is -2.38. The van der Waals surface area contributed by atoms with Crippen molar-refractivity contribution in [2.75, 3.05) is 6.54 Å². The number of carbonyl (C=O) groups is 1. The molecule has 5 nitrogen and oxygen atoms in total. The van der Waals surface area contributed by atoms with E-state index in [9.17, 15) is 4.79 Å². The highest BCUT2D eigenvalue weighted by atomic mass is 35.5. The highest BCUT2D eigenvalue weighted by Gasteiger charge is 2.45. The first-order valence-electron chi connectivity index (χ1n) is 9.59. The monoisotopic (exact) mass is 446 g/mol. The summed E-state index contributed by atoms with van der Waals surface area (Å²) in [5, 5.41) is 0.872. The number of ether oxygens (including phenoxy) is 1. The van der Waals surface area contributed by atoms with E-state index in [4.69, 9.17) is 32.4 Å². The molecule has 2 atom stereocenters. The van der Waals surface area contributed by atoms with Crippen LogP contribution in [-0.2, 0) is 9.16 Å². The van der Waals surface area contributed by atoms with Crippen LogP contribution in [0.15, 0.2) is 12.4 Å². The maximum Gasteiger partial charge on any atom is 0.410 e. The predicted octanol–water partition coefficient (Wildman–Crippen LogP) is 6.46. The summed E-state index contributed by atoms with van der Waals surface area (Å²) in [4.78, 5) is 18.8. The number of hydrogen-bond acceptors (Lipinski definition) is 4. The normalized spacial score (nSPS) is 21.1. The highest BCUT2D eigenvalue weighted by molar-refractivity contribution is 6.74. The van der Waals surface area contributed by atoms with E-state index in [0.717, 1.165) is 5.56 Å². The number of halogens is 2. The van der Waals surface area contributed by atoms with E-state index in [0.29, 0.717) is 23.0 Å². The number of amides is 1. The molecule has 2 rings (SSSR count). The van der Waals surface area contributed by atoms with Gasteiger partial charge in [-0.25, -0.2) is 4.79 Å². The van der Waals surface area contributed by atoms with Crippen molar-refractivity contribution >= 4 is 37.6 Å². The Morgan fingerprint density at radius 3 is 2.32 bits per heavy atom. The molecule has 1 aromatic heterocycles. The lowest BCUT2D eigenvalue weighted by molar-refractivity contribution is 0.0208. The summed E-state index contributed by atoms with van der Waals surface area (Å²) >= 11 is 12.6. The Morgan fingerprint density at radius 1 is 1.18 bits per heavy atom. The quantitative estimate of drug-likeness (QED) is 0.499. The van der Waals surface area contributed by atoms with Crippen molar-refractivity contribution in [1.82, 2.24) is 9.88 Å². The van der Waals surface area contributed by atoms with Crippen LogP contribution in [0.3, 0.4) is 0 Å². The minimum absolute atomic E-state index is 0.0804. The van der Waals surface area contributed by atoms with Gasteiger partial charge in [-0.05, 0) is 45.3 Å². The van der Waals surface area contributed by atoms with Crippen molar-refractivity contribution in [1.29, 1.82) is 0 Å². The summed E-state index contributed by atoms with van der Waals surface area (Å²) in [5.74, 6) is 0. The Balaban J connectivity index is 2.34. The van der Waals surface area contributed by atoms with Gasteiger partial charge in [-0.1, -0.05) is 44.0 Å². The van der Waals surface area contributed by atoms with Crippen molar-refractivity contribution in [3.05, 3.63) is 28.0 Å². The van der Waals surface area contributed by atoms with Gasteiger partial charge in [0.15, 0.2) is 8.32 Å². The molecule has 0 radical (unpaired) electrons. The molecule has 0 saturated carbocycles. The van der Waals surface area contributed by atoms with E-state index in [1.54, 1.807) is 11.1 Å². The number of pyridine rings is 1. The van der Waals surface area contributed by atoms with Crippen LogP contribution >= 0.6 is 23.2 Å². The van der Waals surface area contributed by atoms with Crippen LogP contribution in [0.4, 0.5) is 4.79 Å². The van der Waals surface area contributed by atoms with Gasteiger partial charge in [-0.15, -0.1) is 0 Å². The van der Waals surface area contributed by atoms with Crippen molar-refractivity contribution in [2.45, 2.75) is 83.8 Å². The number of likely N-dealkylation sites (tertiary alicyclic amines) is 1. The molecule has 0 bridgehead atoms. The fourth-order valence-electron chi connectivity index (χ4n) is 2.96. The molecule has 1 aliphatic heterocycles. The molecular weight excluding hydrogens is 415 g/mol. The number of aromatic nitrogens is 1. The zero-order chi connectivity index (χ0) is 21.5. The highest BCUT2D eigenvalue weighted by Crippen LogP contribution is 2.43. The summed E-state index contributed by atoms with van der Waals surface area (Å²) in [5.41, 5.74) is 0.137. The van der Waals surface area contributed by atoms with Crippen LogP contribution in [0.1, 0.15) is 59.6 Å². The van der Waals surface area contributed by atoms with Crippen LogP contribution in [0.5, 0.6) is 0 Å². The minimum Gasteiger partial charge on any atom is -0.444 e. The van der Waals surface area contributed by atoms with Gasteiger partial charge in [-0.2, -0.15) is 0 Å². The fraction of sp³-hybridized carbons (Fsp3) is 0.700. The third kappa shape index (κ3) is 5.41. The third-order valence-electron chi connectivity index (χ3n) is 5.38.